The maximum absolute atomic E-state index is 13.1. The van der Waals surface area contributed by atoms with Crippen molar-refractivity contribution in [1.82, 2.24) is 14.3 Å². The Morgan fingerprint density at radius 3 is 2.74 bits per heavy atom. The molecule has 0 N–H and O–H groups in total. The zero-order valence-corrected chi connectivity index (χ0v) is 13.5. The van der Waals surface area contributed by atoms with Crippen LogP contribution >= 0.6 is 11.3 Å². The lowest BCUT2D eigenvalue weighted by Crippen LogP contribution is -2.21. The molecule has 0 saturated carbocycles. The molecule has 0 aliphatic carbocycles. The molecule has 0 aliphatic heterocycles. The van der Waals surface area contributed by atoms with Crippen LogP contribution in [0.4, 0.5) is 4.39 Å². The van der Waals surface area contributed by atoms with Gasteiger partial charge in [-0.2, -0.15) is 5.10 Å². The van der Waals surface area contributed by atoms with Crippen molar-refractivity contribution in [3.63, 3.8) is 0 Å². The topological polar surface area (TPSA) is 39.8 Å². The van der Waals surface area contributed by atoms with E-state index in [-0.39, 0.29) is 11.4 Å². The molecule has 4 nitrogen and oxygen atoms in total. The average molecular weight is 327 g/mol. The number of halogens is 1. The zero-order chi connectivity index (χ0) is 16.1. The Bertz CT molecular complexity index is 1090. The summed E-state index contributed by atoms with van der Waals surface area (Å²) in [7, 11) is 1.65. The summed E-state index contributed by atoms with van der Waals surface area (Å²) in [5.41, 5.74) is 2.50. The summed E-state index contributed by atoms with van der Waals surface area (Å²) < 4.78 is 17.6. The maximum atomic E-state index is 13.1. The number of nitrogens with zero attached hydrogens (tertiary/aromatic N) is 3. The number of benzene rings is 1. The van der Waals surface area contributed by atoms with E-state index in [0.29, 0.717) is 12.1 Å². The lowest BCUT2D eigenvalue weighted by atomic mass is 10.2. The smallest absolute Gasteiger partial charge is 0.291 e. The lowest BCUT2D eigenvalue weighted by Gasteiger charge is -2.07. The van der Waals surface area contributed by atoms with Crippen molar-refractivity contribution in [3.05, 3.63) is 63.1 Å². The number of fused-ring (bicyclic) bond motifs is 3. The fourth-order valence-corrected chi connectivity index (χ4v) is 3.93. The highest BCUT2D eigenvalue weighted by Crippen LogP contribution is 2.34. The summed E-state index contributed by atoms with van der Waals surface area (Å²) in [6.07, 6.45) is 1.75. The van der Waals surface area contributed by atoms with Gasteiger partial charge in [-0.3, -0.25) is 4.79 Å². The molecule has 0 aliphatic rings. The van der Waals surface area contributed by atoms with E-state index in [0.717, 1.165) is 21.2 Å². The summed E-state index contributed by atoms with van der Waals surface area (Å²) >= 11 is 1.66. The van der Waals surface area contributed by atoms with Crippen LogP contribution in [0.2, 0.25) is 0 Å². The molecular weight excluding hydrogens is 313 g/mol. The molecule has 0 bridgehead atoms. The Balaban J connectivity index is 2.03. The predicted octanol–water partition coefficient (Wildman–Crippen LogP) is 3.45. The first-order valence-corrected chi connectivity index (χ1v) is 8.05. The molecule has 0 radical (unpaired) electrons. The number of hydrogen-bond acceptors (Lipinski definition) is 3. The monoisotopic (exact) mass is 327 g/mol. The molecule has 1 aromatic carbocycles. The lowest BCUT2D eigenvalue weighted by molar-refractivity contribution is 0.626. The van der Waals surface area contributed by atoms with E-state index < -0.39 is 0 Å². The van der Waals surface area contributed by atoms with Crippen LogP contribution in [0.1, 0.15) is 10.4 Å². The number of rotatable bonds is 2. The van der Waals surface area contributed by atoms with Crippen LogP contribution < -0.4 is 5.56 Å². The first-order valence-electron chi connectivity index (χ1n) is 7.23. The fraction of sp³-hybridized carbons (Fsp3) is 0.176. The second-order valence-electron chi connectivity index (χ2n) is 5.62. The van der Waals surface area contributed by atoms with Crippen molar-refractivity contribution >= 4 is 32.5 Å². The molecule has 0 unspecified atom stereocenters. The van der Waals surface area contributed by atoms with Crippen LogP contribution in [0.3, 0.4) is 0 Å². The van der Waals surface area contributed by atoms with Gasteiger partial charge in [-0.25, -0.2) is 9.07 Å². The van der Waals surface area contributed by atoms with Crippen LogP contribution in [-0.2, 0) is 13.6 Å². The number of thiophene rings is 1. The molecule has 23 heavy (non-hydrogen) atoms. The standard InChI is InChI=1S/C17H14FN3OS/c1-10-7-14-16(23-10)13-8-19-20(2)17(22)15(13)21(14)9-11-3-5-12(18)6-4-11/h3-8H,9H2,1-2H3. The van der Waals surface area contributed by atoms with E-state index in [4.69, 9.17) is 0 Å². The van der Waals surface area contributed by atoms with E-state index in [9.17, 15) is 9.18 Å². The van der Waals surface area contributed by atoms with Crippen molar-refractivity contribution in [1.29, 1.82) is 0 Å². The minimum atomic E-state index is -0.261. The number of aromatic nitrogens is 3. The quantitative estimate of drug-likeness (QED) is 0.566. The van der Waals surface area contributed by atoms with Crippen molar-refractivity contribution in [2.24, 2.45) is 7.05 Å². The molecule has 0 fully saturated rings. The van der Waals surface area contributed by atoms with Gasteiger partial charge in [-0.15, -0.1) is 11.3 Å². The van der Waals surface area contributed by atoms with Gasteiger partial charge in [0.1, 0.15) is 11.3 Å². The normalized spacial score (nSPS) is 11.6. The Labute approximate surface area is 135 Å². The predicted molar refractivity (Wildman–Crippen MR) is 90.6 cm³/mol. The van der Waals surface area contributed by atoms with E-state index in [1.807, 2.05) is 11.5 Å². The summed E-state index contributed by atoms with van der Waals surface area (Å²) in [5.74, 6) is -0.261. The summed E-state index contributed by atoms with van der Waals surface area (Å²) in [6.45, 7) is 2.57. The molecular formula is C17H14FN3OS. The first kappa shape index (κ1) is 14.1. The van der Waals surface area contributed by atoms with Crippen LogP contribution in [0.15, 0.2) is 41.3 Å². The van der Waals surface area contributed by atoms with Gasteiger partial charge < -0.3 is 4.57 Å². The van der Waals surface area contributed by atoms with Gasteiger partial charge in [-0.05, 0) is 30.7 Å². The van der Waals surface area contributed by atoms with Crippen LogP contribution in [0.5, 0.6) is 0 Å². The maximum Gasteiger partial charge on any atom is 0.291 e. The molecule has 0 amide bonds. The second-order valence-corrected chi connectivity index (χ2v) is 6.88. The second kappa shape index (κ2) is 5.03. The minimum absolute atomic E-state index is 0.120. The molecule has 0 spiro atoms. The summed E-state index contributed by atoms with van der Waals surface area (Å²) in [6, 6.07) is 8.46. The van der Waals surface area contributed by atoms with E-state index in [2.05, 4.69) is 11.2 Å². The third-order valence-corrected chi connectivity index (χ3v) is 5.08. The molecule has 0 atom stereocenters. The fourth-order valence-electron chi connectivity index (χ4n) is 2.90. The first-order chi connectivity index (χ1) is 11.0. The molecule has 4 rings (SSSR count). The van der Waals surface area contributed by atoms with Gasteiger partial charge in [-0.1, -0.05) is 12.1 Å². The van der Waals surface area contributed by atoms with Crippen LogP contribution in [0.25, 0.3) is 21.1 Å². The number of hydrogen-bond donors (Lipinski definition) is 0. The molecule has 4 aromatic rings. The van der Waals surface area contributed by atoms with Gasteiger partial charge in [0.2, 0.25) is 0 Å². The molecule has 6 heteroatoms. The van der Waals surface area contributed by atoms with E-state index in [1.165, 1.54) is 21.7 Å². The third-order valence-electron chi connectivity index (χ3n) is 4.01. The van der Waals surface area contributed by atoms with Gasteiger partial charge in [0.15, 0.2) is 0 Å². The van der Waals surface area contributed by atoms with Gasteiger partial charge in [0.05, 0.1) is 16.4 Å². The van der Waals surface area contributed by atoms with Gasteiger partial charge in [0, 0.05) is 23.9 Å². The molecule has 3 aromatic heterocycles. The molecule has 3 heterocycles. The Hall–Kier alpha value is -2.47. The Kier molecular flexibility index (Phi) is 3.09. The van der Waals surface area contributed by atoms with Gasteiger partial charge >= 0.3 is 0 Å². The van der Waals surface area contributed by atoms with Gasteiger partial charge in [0.25, 0.3) is 5.56 Å². The summed E-state index contributed by atoms with van der Waals surface area (Å²) in [4.78, 5) is 13.8. The van der Waals surface area contributed by atoms with Crippen molar-refractivity contribution in [3.8, 4) is 0 Å². The zero-order valence-electron chi connectivity index (χ0n) is 12.7. The molecule has 116 valence electrons. The Morgan fingerprint density at radius 1 is 1.26 bits per heavy atom. The van der Waals surface area contributed by atoms with Crippen LogP contribution in [-0.4, -0.2) is 14.3 Å². The van der Waals surface area contributed by atoms with Crippen molar-refractivity contribution in [2.45, 2.75) is 13.5 Å². The summed E-state index contributed by atoms with van der Waals surface area (Å²) in [5, 5.41) is 5.02. The van der Waals surface area contributed by atoms with Crippen molar-refractivity contribution < 1.29 is 4.39 Å². The highest BCUT2D eigenvalue weighted by Gasteiger charge is 2.17. The van der Waals surface area contributed by atoms with E-state index >= 15 is 0 Å². The van der Waals surface area contributed by atoms with Crippen LogP contribution in [0, 0.1) is 12.7 Å². The average Bonchev–Trinajstić information content (AvgIpc) is 3.02. The minimum Gasteiger partial charge on any atom is -0.331 e. The molecule has 0 saturated heterocycles. The Morgan fingerprint density at radius 2 is 2.00 bits per heavy atom. The largest absolute Gasteiger partial charge is 0.331 e. The third kappa shape index (κ3) is 2.17. The SMILES string of the molecule is Cc1cc2c(s1)c1cnn(C)c(=O)c1n2Cc1ccc(F)cc1. The van der Waals surface area contributed by atoms with Crippen molar-refractivity contribution in [2.75, 3.05) is 0 Å². The highest BCUT2D eigenvalue weighted by molar-refractivity contribution is 7.20. The number of aryl methyl sites for hydroxylation is 2. The highest BCUT2D eigenvalue weighted by atomic mass is 32.1. The van der Waals surface area contributed by atoms with E-state index in [1.54, 1.807) is 36.7 Å².